The summed E-state index contributed by atoms with van der Waals surface area (Å²) < 4.78 is 18.4. The van der Waals surface area contributed by atoms with Gasteiger partial charge in [-0.3, -0.25) is 0 Å². The molecule has 0 aliphatic heterocycles. The van der Waals surface area contributed by atoms with Crippen molar-refractivity contribution in [2.24, 2.45) is 0 Å². The van der Waals surface area contributed by atoms with Gasteiger partial charge in [0.1, 0.15) is 5.75 Å². The van der Waals surface area contributed by atoms with Crippen LogP contribution >= 0.6 is 0 Å². The molecule has 0 radical (unpaired) electrons. The molecule has 0 bridgehead atoms. The van der Waals surface area contributed by atoms with Crippen LogP contribution < -0.4 is 4.74 Å². The molecule has 3 heteroatoms. The zero-order chi connectivity index (χ0) is 13.0. The summed E-state index contributed by atoms with van der Waals surface area (Å²) in [6.45, 7) is 4.34. The van der Waals surface area contributed by atoms with E-state index in [0.717, 1.165) is 6.42 Å². The maximum Gasteiger partial charge on any atom is 0.221 e. The fourth-order valence-corrected chi connectivity index (χ4v) is 1.67. The summed E-state index contributed by atoms with van der Waals surface area (Å²) >= 11 is 0. The van der Waals surface area contributed by atoms with Crippen LogP contribution in [0, 0.1) is 5.95 Å². The van der Waals surface area contributed by atoms with E-state index in [1.807, 2.05) is 24.3 Å². The van der Waals surface area contributed by atoms with Crippen molar-refractivity contribution in [3.63, 3.8) is 0 Å². The number of nitrogens with zero attached hydrogens (tertiary/aromatic N) is 1. The van der Waals surface area contributed by atoms with Crippen molar-refractivity contribution in [1.82, 2.24) is 4.98 Å². The van der Waals surface area contributed by atoms with Gasteiger partial charge in [0, 0.05) is 6.07 Å². The monoisotopic (exact) mass is 245 g/mol. The second-order valence-electron chi connectivity index (χ2n) is 4.28. The van der Waals surface area contributed by atoms with Crippen LogP contribution in [-0.2, 0) is 0 Å². The van der Waals surface area contributed by atoms with E-state index >= 15 is 0 Å². The molecular formula is C15H16FNO. The van der Waals surface area contributed by atoms with Gasteiger partial charge in [-0.05, 0) is 36.1 Å². The number of benzene rings is 1. The topological polar surface area (TPSA) is 22.1 Å². The Morgan fingerprint density at radius 1 is 1.17 bits per heavy atom. The Morgan fingerprint density at radius 3 is 2.50 bits per heavy atom. The second kappa shape index (κ2) is 5.63. The molecule has 1 aromatic heterocycles. The molecule has 1 unspecified atom stereocenters. The maximum atomic E-state index is 12.9. The Hall–Kier alpha value is -1.90. The van der Waals surface area contributed by atoms with E-state index in [1.165, 1.54) is 11.6 Å². The zero-order valence-electron chi connectivity index (χ0n) is 10.6. The van der Waals surface area contributed by atoms with Gasteiger partial charge in [-0.15, -0.1) is 0 Å². The molecule has 18 heavy (non-hydrogen) atoms. The van der Waals surface area contributed by atoms with Gasteiger partial charge in [-0.2, -0.15) is 9.37 Å². The fourth-order valence-electron chi connectivity index (χ4n) is 1.67. The molecule has 0 aliphatic rings. The lowest BCUT2D eigenvalue weighted by Crippen LogP contribution is -1.92. The largest absolute Gasteiger partial charge is 0.439 e. The van der Waals surface area contributed by atoms with E-state index in [-0.39, 0.29) is 5.88 Å². The molecule has 0 N–H and O–H groups in total. The van der Waals surface area contributed by atoms with Gasteiger partial charge in [0.25, 0.3) is 0 Å². The SMILES string of the molecule is CCC(C)c1ccc(Oc2cccc(F)n2)cc1. The number of rotatable bonds is 4. The lowest BCUT2D eigenvalue weighted by Gasteiger charge is -2.10. The average Bonchev–Trinajstić information content (AvgIpc) is 2.39. The molecule has 0 fully saturated rings. The standard InChI is InChI=1S/C15H16FNO/c1-3-11(2)12-7-9-13(10-8-12)18-15-6-4-5-14(16)17-15/h4-11H,3H2,1-2H3. The van der Waals surface area contributed by atoms with Crippen molar-refractivity contribution in [3.8, 4) is 11.6 Å². The van der Waals surface area contributed by atoms with E-state index in [9.17, 15) is 4.39 Å². The predicted octanol–water partition coefficient (Wildman–Crippen LogP) is 4.53. The van der Waals surface area contributed by atoms with Gasteiger partial charge < -0.3 is 4.74 Å². The first-order valence-corrected chi connectivity index (χ1v) is 6.09. The lowest BCUT2D eigenvalue weighted by molar-refractivity contribution is 0.445. The second-order valence-corrected chi connectivity index (χ2v) is 4.28. The Balaban J connectivity index is 2.11. The van der Waals surface area contributed by atoms with Crippen LogP contribution in [0.5, 0.6) is 11.6 Å². The molecule has 0 saturated heterocycles. The van der Waals surface area contributed by atoms with Crippen molar-refractivity contribution in [3.05, 3.63) is 54.0 Å². The van der Waals surface area contributed by atoms with Crippen molar-refractivity contribution < 1.29 is 9.13 Å². The van der Waals surface area contributed by atoms with Crippen LogP contribution in [0.25, 0.3) is 0 Å². The molecule has 1 heterocycles. The van der Waals surface area contributed by atoms with Crippen molar-refractivity contribution in [2.45, 2.75) is 26.2 Å². The number of ether oxygens (including phenoxy) is 1. The summed E-state index contributed by atoms with van der Waals surface area (Å²) in [5.41, 5.74) is 1.28. The third-order valence-corrected chi connectivity index (χ3v) is 2.97. The molecule has 2 nitrogen and oxygen atoms in total. The Bertz CT molecular complexity index is 510. The average molecular weight is 245 g/mol. The normalized spacial score (nSPS) is 12.2. The third-order valence-electron chi connectivity index (χ3n) is 2.97. The summed E-state index contributed by atoms with van der Waals surface area (Å²) in [7, 11) is 0. The minimum atomic E-state index is -0.538. The quantitative estimate of drug-likeness (QED) is 0.738. The highest BCUT2D eigenvalue weighted by atomic mass is 19.1. The Morgan fingerprint density at radius 2 is 1.89 bits per heavy atom. The highest BCUT2D eigenvalue weighted by Crippen LogP contribution is 2.24. The van der Waals surface area contributed by atoms with E-state index < -0.39 is 5.95 Å². The van der Waals surface area contributed by atoms with Crippen molar-refractivity contribution >= 4 is 0 Å². The van der Waals surface area contributed by atoms with Gasteiger partial charge in [-0.1, -0.05) is 32.0 Å². The van der Waals surface area contributed by atoms with Crippen LogP contribution in [-0.4, -0.2) is 4.98 Å². The summed E-state index contributed by atoms with van der Waals surface area (Å²) in [4.78, 5) is 3.65. The molecule has 1 atom stereocenters. The molecule has 2 rings (SSSR count). The number of halogens is 1. The van der Waals surface area contributed by atoms with Gasteiger partial charge in [0.05, 0.1) is 0 Å². The molecular weight excluding hydrogens is 229 g/mol. The number of pyridine rings is 1. The van der Waals surface area contributed by atoms with Crippen LogP contribution in [0.4, 0.5) is 4.39 Å². The van der Waals surface area contributed by atoms with Gasteiger partial charge in [0.15, 0.2) is 0 Å². The van der Waals surface area contributed by atoms with Gasteiger partial charge in [0.2, 0.25) is 11.8 Å². The third kappa shape index (κ3) is 3.06. The summed E-state index contributed by atoms with van der Waals surface area (Å²) in [6.07, 6.45) is 1.10. The van der Waals surface area contributed by atoms with Crippen LogP contribution in [0.15, 0.2) is 42.5 Å². The number of hydrogen-bond acceptors (Lipinski definition) is 2. The number of hydrogen-bond donors (Lipinski definition) is 0. The first kappa shape index (κ1) is 12.6. The first-order chi connectivity index (χ1) is 8.69. The van der Waals surface area contributed by atoms with Gasteiger partial charge in [-0.25, -0.2) is 0 Å². The minimum absolute atomic E-state index is 0.270. The summed E-state index contributed by atoms with van der Waals surface area (Å²) in [5, 5.41) is 0. The number of aromatic nitrogens is 1. The van der Waals surface area contributed by atoms with E-state index in [4.69, 9.17) is 4.74 Å². The molecule has 0 aliphatic carbocycles. The van der Waals surface area contributed by atoms with Gasteiger partial charge >= 0.3 is 0 Å². The highest BCUT2D eigenvalue weighted by Gasteiger charge is 2.04. The van der Waals surface area contributed by atoms with Crippen molar-refractivity contribution in [1.29, 1.82) is 0 Å². The molecule has 94 valence electrons. The van der Waals surface area contributed by atoms with Crippen LogP contribution in [0.1, 0.15) is 31.7 Å². The van der Waals surface area contributed by atoms with Crippen LogP contribution in [0.3, 0.4) is 0 Å². The smallest absolute Gasteiger partial charge is 0.221 e. The highest BCUT2D eigenvalue weighted by molar-refractivity contribution is 5.31. The molecule has 0 amide bonds. The minimum Gasteiger partial charge on any atom is -0.439 e. The van der Waals surface area contributed by atoms with E-state index in [1.54, 1.807) is 12.1 Å². The molecule has 0 spiro atoms. The Labute approximate surface area is 106 Å². The molecule has 0 saturated carbocycles. The summed E-state index contributed by atoms with van der Waals surface area (Å²) in [5.74, 6) is 0.932. The van der Waals surface area contributed by atoms with Crippen molar-refractivity contribution in [2.75, 3.05) is 0 Å². The Kier molecular flexibility index (Phi) is 3.92. The van der Waals surface area contributed by atoms with E-state index in [2.05, 4.69) is 18.8 Å². The lowest BCUT2D eigenvalue weighted by atomic mass is 9.99. The first-order valence-electron chi connectivity index (χ1n) is 6.09. The van der Waals surface area contributed by atoms with Crippen LogP contribution in [0.2, 0.25) is 0 Å². The maximum absolute atomic E-state index is 12.9. The zero-order valence-corrected chi connectivity index (χ0v) is 10.6. The fraction of sp³-hybridized carbons (Fsp3) is 0.267. The molecule has 2 aromatic rings. The summed E-state index contributed by atoms with van der Waals surface area (Å²) in [6, 6.07) is 12.3. The van der Waals surface area contributed by atoms with E-state index in [0.29, 0.717) is 11.7 Å². The molecule has 1 aromatic carbocycles. The predicted molar refractivity (Wildman–Crippen MR) is 69.4 cm³/mol.